The minimum absolute atomic E-state index is 0.111. The molecule has 0 spiro atoms. The average molecular weight is 501 g/mol. The van der Waals surface area contributed by atoms with E-state index in [1.165, 1.54) is 11.8 Å². The number of hydrogen-bond donors (Lipinski definition) is 1. The summed E-state index contributed by atoms with van der Waals surface area (Å²) in [6, 6.07) is 11.8. The molecule has 1 amide bonds. The average Bonchev–Trinajstić information content (AvgIpc) is 3.11. The Kier molecular flexibility index (Phi) is 7.92. The number of nitrogens with zero attached hydrogens (tertiary/aromatic N) is 3. The molecule has 1 heterocycles. The van der Waals surface area contributed by atoms with E-state index in [1.807, 2.05) is 61.7 Å². The highest BCUT2D eigenvalue weighted by Gasteiger charge is 2.15. The van der Waals surface area contributed by atoms with E-state index in [0.29, 0.717) is 17.5 Å². The number of ether oxygens (including phenoxy) is 1. The van der Waals surface area contributed by atoms with Crippen LogP contribution in [0.25, 0.3) is 0 Å². The number of carbonyl (C=O) groups is 1. The molecule has 1 N–H and O–H groups in total. The lowest BCUT2D eigenvalue weighted by atomic mass is 10.1. The fourth-order valence-electron chi connectivity index (χ4n) is 2.89. The van der Waals surface area contributed by atoms with Crippen LogP contribution >= 0.6 is 27.7 Å². The molecule has 3 rings (SSSR count). The Morgan fingerprint density at radius 3 is 2.74 bits per heavy atom. The molecule has 0 radical (unpaired) electrons. The number of allylic oxidation sites excluding steroid dienone is 1. The minimum atomic E-state index is -0.111. The maximum Gasteiger partial charge on any atom is 0.234 e. The third kappa shape index (κ3) is 6.21. The first-order valence-electron chi connectivity index (χ1n) is 9.79. The van der Waals surface area contributed by atoms with Crippen molar-refractivity contribution in [2.24, 2.45) is 0 Å². The zero-order chi connectivity index (χ0) is 22.4. The molecule has 2 aromatic carbocycles. The summed E-state index contributed by atoms with van der Waals surface area (Å²) >= 11 is 4.84. The van der Waals surface area contributed by atoms with Gasteiger partial charge in [-0.3, -0.25) is 9.36 Å². The quantitative estimate of drug-likeness (QED) is 0.312. The summed E-state index contributed by atoms with van der Waals surface area (Å²) in [6.45, 7) is 10.7. The van der Waals surface area contributed by atoms with Crippen molar-refractivity contribution in [3.63, 3.8) is 0 Å². The number of benzene rings is 2. The van der Waals surface area contributed by atoms with E-state index in [0.717, 1.165) is 32.6 Å². The lowest BCUT2D eigenvalue weighted by molar-refractivity contribution is -0.113. The maximum atomic E-state index is 12.5. The van der Waals surface area contributed by atoms with Crippen molar-refractivity contribution < 1.29 is 9.53 Å². The third-order valence-electron chi connectivity index (χ3n) is 4.65. The molecule has 0 fully saturated rings. The van der Waals surface area contributed by atoms with Gasteiger partial charge in [-0.05, 0) is 77.7 Å². The van der Waals surface area contributed by atoms with Gasteiger partial charge in [0.2, 0.25) is 5.91 Å². The van der Waals surface area contributed by atoms with Crippen LogP contribution < -0.4 is 10.1 Å². The van der Waals surface area contributed by atoms with Gasteiger partial charge in [0.05, 0.1) is 11.4 Å². The van der Waals surface area contributed by atoms with Crippen LogP contribution in [0.3, 0.4) is 0 Å². The molecule has 0 aliphatic heterocycles. The van der Waals surface area contributed by atoms with Crippen LogP contribution in [0.5, 0.6) is 5.75 Å². The van der Waals surface area contributed by atoms with Gasteiger partial charge in [0.25, 0.3) is 0 Å². The van der Waals surface area contributed by atoms with Crippen molar-refractivity contribution in [3.05, 3.63) is 76.0 Å². The molecular formula is C23H25BrN4O2S. The molecule has 0 saturated heterocycles. The summed E-state index contributed by atoms with van der Waals surface area (Å²) in [5.74, 6) is 1.56. The summed E-state index contributed by atoms with van der Waals surface area (Å²) in [7, 11) is 0. The van der Waals surface area contributed by atoms with Crippen molar-refractivity contribution in [1.29, 1.82) is 0 Å². The first-order valence-corrected chi connectivity index (χ1v) is 11.6. The second-order valence-electron chi connectivity index (χ2n) is 7.16. The van der Waals surface area contributed by atoms with Gasteiger partial charge < -0.3 is 10.1 Å². The van der Waals surface area contributed by atoms with Crippen LogP contribution in [0.15, 0.2) is 58.7 Å². The fourth-order valence-corrected chi connectivity index (χ4v) is 4.21. The lowest BCUT2D eigenvalue weighted by Gasteiger charge is -2.11. The van der Waals surface area contributed by atoms with E-state index >= 15 is 0 Å². The summed E-state index contributed by atoms with van der Waals surface area (Å²) in [5.41, 5.74) is 4.17. The number of thioether (sulfide) groups is 1. The highest BCUT2D eigenvalue weighted by Crippen LogP contribution is 2.27. The van der Waals surface area contributed by atoms with E-state index in [4.69, 9.17) is 4.74 Å². The van der Waals surface area contributed by atoms with Crippen molar-refractivity contribution in [2.75, 3.05) is 11.1 Å². The number of rotatable bonds is 9. The second kappa shape index (κ2) is 10.6. The Balaban J connectivity index is 1.64. The van der Waals surface area contributed by atoms with E-state index in [9.17, 15) is 4.79 Å². The van der Waals surface area contributed by atoms with Crippen LogP contribution in [0.4, 0.5) is 5.69 Å². The van der Waals surface area contributed by atoms with Gasteiger partial charge in [0.15, 0.2) is 11.0 Å². The Bertz CT molecular complexity index is 1100. The van der Waals surface area contributed by atoms with Crippen LogP contribution in [-0.2, 0) is 17.9 Å². The van der Waals surface area contributed by atoms with E-state index in [-0.39, 0.29) is 18.3 Å². The third-order valence-corrected chi connectivity index (χ3v) is 6.28. The summed E-state index contributed by atoms with van der Waals surface area (Å²) < 4.78 is 8.63. The summed E-state index contributed by atoms with van der Waals surface area (Å²) in [6.07, 6.45) is 1.77. The minimum Gasteiger partial charge on any atom is -0.486 e. The maximum absolute atomic E-state index is 12.5. The molecule has 3 aromatic rings. The zero-order valence-electron chi connectivity index (χ0n) is 17.8. The number of carbonyl (C=O) groups excluding carboxylic acids is 1. The number of hydrogen-bond acceptors (Lipinski definition) is 5. The Morgan fingerprint density at radius 1 is 1.23 bits per heavy atom. The summed E-state index contributed by atoms with van der Waals surface area (Å²) in [4.78, 5) is 12.5. The molecule has 0 unspecified atom stereocenters. The van der Waals surface area contributed by atoms with E-state index in [2.05, 4.69) is 38.0 Å². The van der Waals surface area contributed by atoms with Crippen LogP contribution in [-0.4, -0.2) is 26.4 Å². The second-order valence-corrected chi connectivity index (χ2v) is 8.95. The first-order chi connectivity index (χ1) is 14.9. The molecule has 1 aromatic heterocycles. The molecule has 0 aliphatic rings. The van der Waals surface area contributed by atoms with E-state index < -0.39 is 0 Å². The Morgan fingerprint density at radius 2 is 2.00 bits per heavy atom. The smallest absolute Gasteiger partial charge is 0.234 e. The number of halogens is 1. The standard InChI is InChI=1S/C23H25BrN4O2S/c1-5-9-28-21(13-30-18-8-6-7-15(2)10-18)26-27-23(28)31-14-22(29)25-20-12-17(4)16(3)11-19(20)24/h5-8,10-12H,1,9,13-14H2,2-4H3,(H,25,29). The number of aryl methyl sites for hydroxylation is 3. The number of anilines is 1. The van der Waals surface area contributed by atoms with Gasteiger partial charge in [-0.15, -0.1) is 16.8 Å². The van der Waals surface area contributed by atoms with Crippen LogP contribution in [0.1, 0.15) is 22.5 Å². The monoisotopic (exact) mass is 500 g/mol. The van der Waals surface area contributed by atoms with Crippen molar-refractivity contribution >= 4 is 39.3 Å². The Labute approximate surface area is 195 Å². The number of aromatic nitrogens is 3. The summed E-state index contributed by atoms with van der Waals surface area (Å²) in [5, 5.41) is 12.1. The van der Waals surface area contributed by atoms with Crippen molar-refractivity contribution in [1.82, 2.24) is 14.8 Å². The molecule has 0 saturated carbocycles. The topological polar surface area (TPSA) is 69.0 Å². The molecule has 162 valence electrons. The van der Waals surface area contributed by atoms with Gasteiger partial charge in [-0.25, -0.2) is 0 Å². The molecule has 6 nitrogen and oxygen atoms in total. The van der Waals surface area contributed by atoms with Crippen LogP contribution in [0, 0.1) is 20.8 Å². The largest absolute Gasteiger partial charge is 0.486 e. The molecule has 0 atom stereocenters. The van der Waals surface area contributed by atoms with Crippen LogP contribution in [0.2, 0.25) is 0 Å². The predicted molar refractivity (Wildman–Crippen MR) is 129 cm³/mol. The molecule has 31 heavy (non-hydrogen) atoms. The Hall–Kier alpha value is -2.58. The highest BCUT2D eigenvalue weighted by molar-refractivity contribution is 9.10. The molecule has 0 aliphatic carbocycles. The van der Waals surface area contributed by atoms with Gasteiger partial charge in [0.1, 0.15) is 12.4 Å². The molecule has 0 bridgehead atoms. The first kappa shape index (κ1) is 23.1. The van der Waals surface area contributed by atoms with E-state index in [1.54, 1.807) is 6.08 Å². The van der Waals surface area contributed by atoms with Crippen molar-refractivity contribution in [3.8, 4) is 5.75 Å². The number of amides is 1. The lowest BCUT2D eigenvalue weighted by Crippen LogP contribution is -2.15. The van der Waals surface area contributed by atoms with Crippen molar-refractivity contribution in [2.45, 2.75) is 39.1 Å². The SMILES string of the molecule is C=CCn1c(COc2cccc(C)c2)nnc1SCC(=O)Nc1cc(C)c(C)cc1Br. The number of nitrogens with one attached hydrogen (secondary N) is 1. The normalized spacial score (nSPS) is 10.7. The zero-order valence-corrected chi connectivity index (χ0v) is 20.2. The van der Waals surface area contributed by atoms with Gasteiger partial charge in [-0.2, -0.15) is 0 Å². The van der Waals surface area contributed by atoms with Gasteiger partial charge in [-0.1, -0.05) is 30.0 Å². The molecular weight excluding hydrogens is 476 g/mol. The van der Waals surface area contributed by atoms with Gasteiger partial charge >= 0.3 is 0 Å². The fraction of sp³-hybridized carbons (Fsp3) is 0.261. The molecule has 8 heteroatoms. The van der Waals surface area contributed by atoms with Gasteiger partial charge in [0, 0.05) is 11.0 Å². The highest BCUT2D eigenvalue weighted by atomic mass is 79.9. The predicted octanol–water partition coefficient (Wildman–Crippen LogP) is 5.46.